The minimum Gasteiger partial charge on any atom is -0.330 e. The number of carbonyl (C=O) groups excluding carboxylic acids is 1. The van der Waals surface area contributed by atoms with Crippen LogP contribution >= 0.6 is 24.8 Å². The molecule has 2 atom stereocenters. The van der Waals surface area contributed by atoms with E-state index >= 15 is 0 Å². The number of pyridine rings is 1. The maximum Gasteiger partial charge on any atom is 0.227 e. The van der Waals surface area contributed by atoms with Crippen LogP contribution in [0.3, 0.4) is 0 Å². The van der Waals surface area contributed by atoms with E-state index in [2.05, 4.69) is 15.4 Å². The third kappa shape index (κ3) is 4.93. The molecule has 0 aromatic carbocycles. The summed E-state index contributed by atoms with van der Waals surface area (Å²) in [7, 11) is 0. The summed E-state index contributed by atoms with van der Waals surface area (Å²) in [6, 6.07) is 3.90. The third-order valence-electron chi connectivity index (χ3n) is 4.29. The van der Waals surface area contributed by atoms with Crippen LogP contribution in [0, 0.1) is 11.8 Å². The smallest absolute Gasteiger partial charge is 0.227 e. The minimum absolute atomic E-state index is 0. The van der Waals surface area contributed by atoms with Crippen molar-refractivity contribution in [3.05, 3.63) is 42.5 Å². The van der Waals surface area contributed by atoms with E-state index in [1.165, 1.54) is 0 Å². The Morgan fingerprint density at radius 3 is 2.75 bits per heavy atom. The Morgan fingerprint density at radius 1 is 1.29 bits per heavy atom. The van der Waals surface area contributed by atoms with Gasteiger partial charge in [-0.2, -0.15) is 5.10 Å². The van der Waals surface area contributed by atoms with Gasteiger partial charge in [0.2, 0.25) is 5.91 Å². The zero-order valence-electron chi connectivity index (χ0n) is 13.3. The standard InChI is InChI=1S/C16H21N5O.2ClH/c17-8-13-2-1-3-15(13)16(22)20-14-9-19-21(11-14)10-12-4-6-18-7-5-12;;/h4-7,9,11,13,15H,1-3,8,10,17H2,(H,20,22);2*1H/t13-,15-;;/m1../s1. The molecule has 8 heteroatoms. The average molecular weight is 372 g/mol. The lowest BCUT2D eigenvalue weighted by atomic mass is 9.95. The van der Waals surface area contributed by atoms with Gasteiger partial charge in [-0.05, 0) is 43.0 Å². The second-order valence-electron chi connectivity index (χ2n) is 5.80. The van der Waals surface area contributed by atoms with Gasteiger partial charge in [-0.15, -0.1) is 24.8 Å². The summed E-state index contributed by atoms with van der Waals surface area (Å²) in [5.74, 6) is 0.414. The third-order valence-corrected chi connectivity index (χ3v) is 4.29. The Morgan fingerprint density at radius 2 is 2.04 bits per heavy atom. The predicted molar refractivity (Wildman–Crippen MR) is 98.6 cm³/mol. The van der Waals surface area contributed by atoms with Crippen LogP contribution in [-0.4, -0.2) is 27.2 Å². The van der Waals surface area contributed by atoms with E-state index in [1.54, 1.807) is 23.3 Å². The molecule has 0 spiro atoms. The average Bonchev–Trinajstić information content (AvgIpc) is 3.17. The summed E-state index contributed by atoms with van der Waals surface area (Å²) in [5.41, 5.74) is 7.60. The zero-order chi connectivity index (χ0) is 15.4. The number of nitrogens with one attached hydrogen (secondary N) is 1. The molecule has 3 rings (SSSR count). The number of amides is 1. The molecule has 1 amide bonds. The lowest BCUT2D eigenvalue weighted by Gasteiger charge is -2.16. The lowest BCUT2D eigenvalue weighted by molar-refractivity contribution is -0.120. The molecular formula is C16H23Cl2N5O. The highest BCUT2D eigenvalue weighted by Gasteiger charge is 2.31. The summed E-state index contributed by atoms with van der Waals surface area (Å²) in [6.45, 7) is 1.24. The second kappa shape index (κ2) is 9.61. The molecule has 2 aromatic rings. The van der Waals surface area contributed by atoms with Crippen LogP contribution in [0.4, 0.5) is 5.69 Å². The number of nitrogens with zero attached hydrogens (tertiary/aromatic N) is 3. The van der Waals surface area contributed by atoms with Crippen LogP contribution in [0.2, 0.25) is 0 Å². The van der Waals surface area contributed by atoms with Crippen molar-refractivity contribution >= 4 is 36.4 Å². The van der Waals surface area contributed by atoms with Crippen molar-refractivity contribution in [3.63, 3.8) is 0 Å². The Balaban J connectivity index is 0.00000144. The van der Waals surface area contributed by atoms with E-state index in [-0.39, 0.29) is 36.6 Å². The molecule has 1 aliphatic carbocycles. The van der Waals surface area contributed by atoms with Crippen molar-refractivity contribution in [1.82, 2.24) is 14.8 Å². The molecule has 2 aromatic heterocycles. The van der Waals surface area contributed by atoms with Crippen molar-refractivity contribution in [1.29, 1.82) is 0 Å². The summed E-state index contributed by atoms with van der Waals surface area (Å²) in [4.78, 5) is 16.3. The van der Waals surface area contributed by atoms with E-state index < -0.39 is 0 Å². The Kier molecular flexibility index (Phi) is 8.18. The summed E-state index contributed by atoms with van der Waals surface area (Å²) in [6.07, 6.45) is 10.1. The van der Waals surface area contributed by atoms with Crippen molar-refractivity contribution in [2.75, 3.05) is 11.9 Å². The highest BCUT2D eigenvalue weighted by molar-refractivity contribution is 5.92. The van der Waals surface area contributed by atoms with Crippen molar-refractivity contribution in [3.8, 4) is 0 Å². The molecule has 1 fully saturated rings. The number of halogens is 2. The molecule has 2 heterocycles. The van der Waals surface area contributed by atoms with Crippen LogP contribution in [-0.2, 0) is 11.3 Å². The van der Waals surface area contributed by atoms with E-state index in [0.717, 1.165) is 30.5 Å². The molecule has 1 aliphatic rings. The molecule has 1 saturated carbocycles. The van der Waals surface area contributed by atoms with Gasteiger partial charge in [-0.1, -0.05) is 6.42 Å². The molecule has 0 unspecified atom stereocenters. The number of hydrogen-bond acceptors (Lipinski definition) is 4. The predicted octanol–water partition coefficient (Wildman–Crippen LogP) is 2.48. The number of rotatable bonds is 5. The first-order valence-electron chi connectivity index (χ1n) is 7.68. The van der Waals surface area contributed by atoms with Gasteiger partial charge in [0.15, 0.2) is 0 Å². The van der Waals surface area contributed by atoms with Gasteiger partial charge in [-0.3, -0.25) is 14.5 Å². The quantitative estimate of drug-likeness (QED) is 0.844. The number of carbonyl (C=O) groups is 1. The first-order valence-corrected chi connectivity index (χ1v) is 7.68. The lowest BCUT2D eigenvalue weighted by Crippen LogP contribution is -2.29. The van der Waals surface area contributed by atoms with Gasteiger partial charge in [-0.25, -0.2) is 0 Å². The molecule has 6 nitrogen and oxygen atoms in total. The normalized spacial score (nSPS) is 19.2. The second-order valence-corrected chi connectivity index (χ2v) is 5.80. The molecule has 132 valence electrons. The van der Waals surface area contributed by atoms with E-state index in [4.69, 9.17) is 5.73 Å². The molecule has 0 saturated heterocycles. The summed E-state index contributed by atoms with van der Waals surface area (Å²) >= 11 is 0. The molecule has 0 bridgehead atoms. The number of nitrogens with two attached hydrogens (primary N) is 1. The highest BCUT2D eigenvalue weighted by Crippen LogP contribution is 2.31. The molecule has 24 heavy (non-hydrogen) atoms. The van der Waals surface area contributed by atoms with Gasteiger partial charge in [0, 0.05) is 24.5 Å². The highest BCUT2D eigenvalue weighted by atomic mass is 35.5. The topological polar surface area (TPSA) is 85.8 Å². The summed E-state index contributed by atoms with van der Waals surface area (Å²) in [5, 5.41) is 7.25. The van der Waals surface area contributed by atoms with Crippen LogP contribution < -0.4 is 11.1 Å². The molecule has 0 aliphatic heterocycles. The first-order chi connectivity index (χ1) is 10.8. The van der Waals surface area contributed by atoms with Crippen LogP contribution in [0.1, 0.15) is 24.8 Å². The van der Waals surface area contributed by atoms with Gasteiger partial charge >= 0.3 is 0 Å². The number of aromatic nitrogens is 3. The van der Waals surface area contributed by atoms with Crippen molar-refractivity contribution < 1.29 is 4.79 Å². The van der Waals surface area contributed by atoms with Crippen LogP contribution in [0.15, 0.2) is 36.9 Å². The van der Waals surface area contributed by atoms with Crippen molar-refractivity contribution in [2.45, 2.75) is 25.8 Å². The van der Waals surface area contributed by atoms with Gasteiger partial charge < -0.3 is 11.1 Å². The number of hydrogen-bond donors (Lipinski definition) is 2. The van der Waals surface area contributed by atoms with Gasteiger partial charge in [0.1, 0.15) is 0 Å². The van der Waals surface area contributed by atoms with E-state index in [1.807, 2.05) is 18.3 Å². The van der Waals surface area contributed by atoms with E-state index in [0.29, 0.717) is 19.0 Å². The minimum atomic E-state index is 0. The Hall–Kier alpha value is -1.63. The maximum atomic E-state index is 12.3. The monoisotopic (exact) mass is 371 g/mol. The molecular weight excluding hydrogens is 349 g/mol. The Labute approximate surface area is 154 Å². The fourth-order valence-corrected chi connectivity index (χ4v) is 3.09. The van der Waals surface area contributed by atoms with Crippen LogP contribution in [0.5, 0.6) is 0 Å². The zero-order valence-corrected chi connectivity index (χ0v) is 14.9. The molecule has 3 N–H and O–H groups in total. The fourth-order valence-electron chi connectivity index (χ4n) is 3.09. The summed E-state index contributed by atoms with van der Waals surface area (Å²) < 4.78 is 1.81. The Bertz CT molecular complexity index is 634. The number of anilines is 1. The van der Waals surface area contributed by atoms with E-state index in [9.17, 15) is 4.79 Å². The first kappa shape index (κ1) is 20.4. The SMILES string of the molecule is Cl.Cl.NC[C@H]1CCC[C@H]1C(=O)Nc1cnn(Cc2ccncc2)c1. The van der Waals surface area contributed by atoms with Gasteiger partial charge in [0.25, 0.3) is 0 Å². The fraction of sp³-hybridized carbons (Fsp3) is 0.438. The van der Waals surface area contributed by atoms with Crippen molar-refractivity contribution in [2.24, 2.45) is 17.6 Å². The molecule has 0 radical (unpaired) electrons. The maximum absolute atomic E-state index is 12.3. The van der Waals surface area contributed by atoms with Gasteiger partial charge in [0.05, 0.1) is 18.4 Å². The van der Waals surface area contributed by atoms with Crippen LogP contribution in [0.25, 0.3) is 0 Å². The largest absolute Gasteiger partial charge is 0.330 e.